The molecule has 0 unspecified atom stereocenters. The second-order valence-electron chi connectivity index (χ2n) is 7.18. The van der Waals surface area contributed by atoms with E-state index in [2.05, 4.69) is 10.6 Å². The molecule has 1 saturated carbocycles. The highest BCUT2D eigenvalue weighted by Gasteiger charge is 2.47. The highest BCUT2D eigenvalue weighted by molar-refractivity contribution is 6.08. The summed E-state index contributed by atoms with van der Waals surface area (Å²) >= 11 is 0. The van der Waals surface area contributed by atoms with E-state index in [9.17, 15) is 9.59 Å². The van der Waals surface area contributed by atoms with Gasteiger partial charge in [-0.15, -0.1) is 0 Å². The van der Waals surface area contributed by atoms with Crippen molar-refractivity contribution in [2.75, 3.05) is 10.6 Å². The van der Waals surface area contributed by atoms with E-state index in [0.29, 0.717) is 5.56 Å². The third kappa shape index (κ3) is 2.72. The van der Waals surface area contributed by atoms with Crippen molar-refractivity contribution in [3.05, 3.63) is 59.2 Å². The van der Waals surface area contributed by atoms with Crippen LogP contribution in [0.4, 0.5) is 11.4 Å². The molecule has 0 aromatic heterocycles. The summed E-state index contributed by atoms with van der Waals surface area (Å²) in [7, 11) is 0. The molecule has 1 heterocycles. The van der Waals surface area contributed by atoms with Crippen molar-refractivity contribution in [2.45, 2.75) is 44.4 Å². The summed E-state index contributed by atoms with van der Waals surface area (Å²) in [5.41, 5.74) is 3.96. The number of anilines is 2. The van der Waals surface area contributed by atoms with Gasteiger partial charge in [-0.05, 0) is 55.7 Å². The van der Waals surface area contributed by atoms with Gasteiger partial charge in [0.15, 0.2) is 0 Å². The Morgan fingerprint density at radius 1 is 1.08 bits per heavy atom. The van der Waals surface area contributed by atoms with Gasteiger partial charge in [-0.3, -0.25) is 9.59 Å². The first-order valence-electron chi connectivity index (χ1n) is 8.92. The van der Waals surface area contributed by atoms with Gasteiger partial charge in [0.25, 0.3) is 5.91 Å². The molecule has 0 atom stereocenters. The monoisotopic (exact) mass is 334 g/mol. The van der Waals surface area contributed by atoms with E-state index in [1.165, 1.54) is 6.42 Å². The lowest BCUT2D eigenvalue weighted by Gasteiger charge is -2.31. The molecule has 0 bridgehead atoms. The van der Waals surface area contributed by atoms with E-state index < -0.39 is 5.41 Å². The maximum absolute atomic E-state index is 12.6. The maximum atomic E-state index is 12.6. The first-order chi connectivity index (χ1) is 12.1. The van der Waals surface area contributed by atoms with E-state index in [-0.39, 0.29) is 11.8 Å². The van der Waals surface area contributed by atoms with Gasteiger partial charge in [0, 0.05) is 16.9 Å². The zero-order valence-corrected chi connectivity index (χ0v) is 14.4. The number of hydrogen-bond donors (Lipinski definition) is 2. The Morgan fingerprint density at radius 3 is 2.64 bits per heavy atom. The van der Waals surface area contributed by atoms with Gasteiger partial charge in [0.05, 0.1) is 5.41 Å². The highest BCUT2D eigenvalue weighted by atomic mass is 16.2. The van der Waals surface area contributed by atoms with Gasteiger partial charge in [0.2, 0.25) is 5.91 Å². The fourth-order valence-corrected chi connectivity index (χ4v) is 4.13. The molecule has 4 nitrogen and oxygen atoms in total. The number of amides is 2. The van der Waals surface area contributed by atoms with Crippen LogP contribution in [-0.2, 0) is 10.2 Å². The number of benzene rings is 2. The summed E-state index contributed by atoms with van der Waals surface area (Å²) in [5.74, 6) is -0.0111. The van der Waals surface area contributed by atoms with E-state index >= 15 is 0 Å². The van der Waals surface area contributed by atoms with Crippen LogP contribution in [0.1, 0.15) is 53.6 Å². The number of fused-ring (bicyclic) bond motifs is 2. The Labute approximate surface area is 147 Å². The van der Waals surface area contributed by atoms with E-state index in [1.807, 2.05) is 49.4 Å². The van der Waals surface area contributed by atoms with Gasteiger partial charge in [0.1, 0.15) is 0 Å². The van der Waals surface area contributed by atoms with Crippen molar-refractivity contribution in [1.29, 1.82) is 0 Å². The minimum Gasteiger partial charge on any atom is -0.325 e. The molecule has 4 heteroatoms. The Hall–Kier alpha value is -2.62. The van der Waals surface area contributed by atoms with Crippen LogP contribution in [0, 0.1) is 6.92 Å². The predicted octanol–water partition coefficient (Wildman–Crippen LogP) is 4.40. The number of carbonyl (C=O) groups is 2. The first kappa shape index (κ1) is 15.9. The van der Waals surface area contributed by atoms with Crippen LogP contribution in [0.25, 0.3) is 0 Å². The minimum atomic E-state index is -0.405. The average molecular weight is 334 g/mol. The molecule has 25 heavy (non-hydrogen) atoms. The molecule has 1 fully saturated rings. The molecule has 2 aromatic carbocycles. The second-order valence-corrected chi connectivity index (χ2v) is 7.18. The van der Waals surface area contributed by atoms with Gasteiger partial charge >= 0.3 is 0 Å². The SMILES string of the molecule is Cc1cccc(C(=O)Nc2ccc3c(c2)C2(CCCCC2)C(=O)N3)c1. The minimum absolute atomic E-state index is 0.115. The van der Waals surface area contributed by atoms with Crippen molar-refractivity contribution in [3.8, 4) is 0 Å². The maximum Gasteiger partial charge on any atom is 0.255 e. The molecule has 128 valence electrons. The molecule has 2 aliphatic rings. The van der Waals surface area contributed by atoms with E-state index in [0.717, 1.165) is 48.2 Å². The molecule has 4 rings (SSSR count). The van der Waals surface area contributed by atoms with Crippen molar-refractivity contribution in [2.24, 2.45) is 0 Å². The molecule has 1 spiro atoms. The van der Waals surface area contributed by atoms with Gasteiger partial charge in [-0.25, -0.2) is 0 Å². The second kappa shape index (κ2) is 6.03. The topological polar surface area (TPSA) is 58.2 Å². The van der Waals surface area contributed by atoms with Crippen molar-refractivity contribution in [1.82, 2.24) is 0 Å². The Morgan fingerprint density at radius 2 is 1.88 bits per heavy atom. The number of hydrogen-bond acceptors (Lipinski definition) is 2. The number of nitrogens with one attached hydrogen (secondary N) is 2. The molecule has 1 aliphatic heterocycles. The summed E-state index contributed by atoms with van der Waals surface area (Å²) in [4.78, 5) is 25.1. The number of aryl methyl sites for hydroxylation is 1. The lowest BCUT2D eigenvalue weighted by Crippen LogP contribution is -2.36. The third-order valence-corrected chi connectivity index (χ3v) is 5.46. The average Bonchev–Trinajstić information content (AvgIpc) is 2.87. The zero-order valence-electron chi connectivity index (χ0n) is 14.4. The quantitative estimate of drug-likeness (QED) is 0.855. The fraction of sp³-hybridized carbons (Fsp3) is 0.333. The van der Waals surface area contributed by atoms with Crippen molar-refractivity contribution in [3.63, 3.8) is 0 Å². The molecule has 2 amide bonds. The van der Waals surface area contributed by atoms with Crippen molar-refractivity contribution < 1.29 is 9.59 Å². The Balaban J connectivity index is 1.63. The largest absolute Gasteiger partial charge is 0.325 e. The zero-order chi connectivity index (χ0) is 17.4. The summed E-state index contributed by atoms with van der Waals surface area (Å²) in [5, 5.41) is 6.00. The van der Waals surface area contributed by atoms with Crippen LogP contribution < -0.4 is 10.6 Å². The highest BCUT2D eigenvalue weighted by Crippen LogP contribution is 2.48. The summed E-state index contributed by atoms with van der Waals surface area (Å²) in [6, 6.07) is 13.3. The molecular weight excluding hydrogens is 312 g/mol. The standard InChI is InChI=1S/C21H22N2O2/c1-14-6-5-7-15(12-14)19(24)22-16-8-9-18-17(13-16)21(20(25)23-18)10-3-2-4-11-21/h5-9,12-13H,2-4,10-11H2,1H3,(H,22,24)(H,23,25). The smallest absolute Gasteiger partial charge is 0.255 e. The first-order valence-corrected chi connectivity index (χ1v) is 8.92. The van der Waals surface area contributed by atoms with Crippen LogP contribution in [0.15, 0.2) is 42.5 Å². The number of carbonyl (C=O) groups excluding carboxylic acids is 2. The fourth-order valence-electron chi connectivity index (χ4n) is 4.13. The lowest BCUT2D eigenvalue weighted by atomic mass is 9.70. The Bertz CT molecular complexity index is 851. The molecule has 0 saturated heterocycles. The molecular formula is C21H22N2O2. The molecule has 2 aromatic rings. The van der Waals surface area contributed by atoms with Crippen LogP contribution in [0.3, 0.4) is 0 Å². The van der Waals surface area contributed by atoms with Crippen molar-refractivity contribution >= 4 is 23.2 Å². The van der Waals surface area contributed by atoms with E-state index in [1.54, 1.807) is 0 Å². The molecule has 1 aliphatic carbocycles. The molecule has 0 radical (unpaired) electrons. The van der Waals surface area contributed by atoms with Gasteiger partial charge < -0.3 is 10.6 Å². The van der Waals surface area contributed by atoms with Crippen LogP contribution in [0.2, 0.25) is 0 Å². The molecule has 2 N–H and O–H groups in total. The summed E-state index contributed by atoms with van der Waals surface area (Å²) in [6.45, 7) is 1.97. The normalized spacial score (nSPS) is 17.9. The Kier molecular flexibility index (Phi) is 3.83. The van der Waals surface area contributed by atoms with Crippen LogP contribution in [-0.4, -0.2) is 11.8 Å². The summed E-state index contributed by atoms with van der Waals surface area (Å²) < 4.78 is 0. The number of rotatable bonds is 2. The van der Waals surface area contributed by atoms with Crippen LogP contribution in [0.5, 0.6) is 0 Å². The summed E-state index contributed by atoms with van der Waals surface area (Å²) in [6.07, 6.45) is 5.12. The van der Waals surface area contributed by atoms with Gasteiger partial charge in [-0.2, -0.15) is 0 Å². The van der Waals surface area contributed by atoms with Gasteiger partial charge in [-0.1, -0.05) is 37.0 Å². The van der Waals surface area contributed by atoms with E-state index in [4.69, 9.17) is 0 Å². The van der Waals surface area contributed by atoms with Crippen LogP contribution >= 0.6 is 0 Å². The third-order valence-electron chi connectivity index (χ3n) is 5.46. The lowest BCUT2D eigenvalue weighted by molar-refractivity contribution is -0.121. The predicted molar refractivity (Wildman–Crippen MR) is 99.0 cm³/mol.